The summed E-state index contributed by atoms with van der Waals surface area (Å²) < 4.78 is 24.3. The number of halogens is 2. The lowest BCUT2D eigenvalue weighted by Crippen LogP contribution is -2.35. The van der Waals surface area contributed by atoms with Gasteiger partial charge < -0.3 is 14.1 Å². The number of esters is 1. The van der Waals surface area contributed by atoms with E-state index < -0.39 is 17.8 Å². The van der Waals surface area contributed by atoms with Crippen LogP contribution in [0, 0.1) is 5.82 Å². The number of allylic oxidation sites excluding steroid dienone is 1. The number of fused-ring (bicyclic) bond motifs is 1. The summed E-state index contributed by atoms with van der Waals surface area (Å²) in [5.74, 6) is -0.00391. The molecule has 0 amide bonds. The van der Waals surface area contributed by atoms with Gasteiger partial charge in [0.05, 0.1) is 18.4 Å². The number of nitrogens with zero attached hydrogens (tertiary/aromatic N) is 3. The smallest absolute Gasteiger partial charge is 0.338 e. The molecule has 140 valence electrons. The molecule has 2 aromatic rings. The van der Waals surface area contributed by atoms with Crippen LogP contribution in [0.3, 0.4) is 0 Å². The molecular weight excluding hydrogens is 373 g/mol. The van der Waals surface area contributed by atoms with Crippen LogP contribution in [-0.4, -0.2) is 34.8 Å². The van der Waals surface area contributed by atoms with Gasteiger partial charge in [0.25, 0.3) is 5.89 Å². The molecule has 1 unspecified atom stereocenters. The summed E-state index contributed by atoms with van der Waals surface area (Å²) in [6, 6.07) is 3.34. The summed E-state index contributed by atoms with van der Waals surface area (Å²) in [5.41, 5.74) is 1.78. The van der Waals surface area contributed by atoms with Crippen LogP contribution >= 0.6 is 11.6 Å². The summed E-state index contributed by atoms with van der Waals surface area (Å²) >= 11 is 6.29. The molecule has 27 heavy (non-hydrogen) atoms. The molecule has 1 saturated heterocycles. The molecule has 6 nitrogen and oxygen atoms in total. The van der Waals surface area contributed by atoms with E-state index in [1.165, 1.54) is 24.6 Å². The SMILES string of the molecule is CCOC(=O)C1=C2CCCN2C(c2ncco2)=NC1c1ccc(F)cc1Cl. The van der Waals surface area contributed by atoms with Gasteiger partial charge in [-0.05, 0) is 31.9 Å². The van der Waals surface area contributed by atoms with E-state index in [1.54, 1.807) is 13.0 Å². The Morgan fingerprint density at radius 3 is 3.04 bits per heavy atom. The maximum atomic E-state index is 13.5. The first-order chi connectivity index (χ1) is 13.1. The molecule has 8 heteroatoms. The van der Waals surface area contributed by atoms with Crippen molar-refractivity contribution in [1.82, 2.24) is 9.88 Å². The number of rotatable bonds is 4. The number of aliphatic imine (C=N–C) groups is 1. The van der Waals surface area contributed by atoms with Crippen LogP contribution in [0.5, 0.6) is 0 Å². The highest BCUT2D eigenvalue weighted by molar-refractivity contribution is 6.31. The molecule has 1 aromatic carbocycles. The fourth-order valence-corrected chi connectivity index (χ4v) is 3.76. The van der Waals surface area contributed by atoms with Crippen LogP contribution < -0.4 is 0 Å². The van der Waals surface area contributed by atoms with E-state index in [1.807, 2.05) is 4.90 Å². The van der Waals surface area contributed by atoms with Gasteiger partial charge in [-0.1, -0.05) is 17.7 Å². The number of oxazole rings is 1. The predicted molar refractivity (Wildman–Crippen MR) is 96.8 cm³/mol. The van der Waals surface area contributed by atoms with Crippen molar-refractivity contribution in [2.45, 2.75) is 25.8 Å². The van der Waals surface area contributed by atoms with E-state index in [0.29, 0.717) is 35.8 Å². The number of carbonyl (C=O) groups is 1. The van der Waals surface area contributed by atoms with Gasteiger partial charge in [0, 0.05) is 22.8 Å². The van der Waals surface area contributed by atoms with Crippen LogP contribution in [0.15, 0.2) is 51.3 Å². The van der Waals surface area contributed by atoms with Crippen LogP contribution in [-0.2, 0) is 9.53 Å². The van der Waals surface area contributed by atoms with E-state index >= 15 is 0 Å². The Morgan fingerprint density at radius 2 is 2.33 bits per heavy atom. The largest absolute Gasteiger partial charge is 0.463 e. The molecule has 0 spiro atoms. The molecule has 0 bridgehead atoms. The molecule has 3 heterocycles. The van der Waals surface area contributed by atoms with Gasteiger partial charge in [0.15, 0.2) is 5.84 Å². The topological polar surface area (TPSA) is 67.9 Å². The normalized spacial score (nSPS) is 19.1. The lowest BCUT2D eigenvalue weighted by atomic mass is 9.94. The standard InChI is InChI=1S/C19H17ClFN3O3/c1-2-26-19(25)15-14-4-3-8-24(14)17(18-22-7-9-27-18)23-16(15)12-6-5-11(21)10-13(12)20/h5-7,9-10,16H,2-4,8H2,1H3. The van der Waals surface area contributed by atoms with Crippen molar-refractivity contribution in [3.8, 4) is 0 Å². The fraction of sp³-hybridized carbons (Fsp3) is 0.316. The summed E-state index contributed by atoms with van der Waals surface area (Å²) in [7, 11) is 0. The Labute approximate surface area is 160 Å². The van der Waals surface area contributed by atoms with E-state index in [0.717, 1.165) is 12.1 Å². The Morgan fingerprint density at radius 1 is 1.48 bits per heavy atom. The summed E-state index contributed by atoms with van der Waals surface area (Å²) in [4.78, 5) is 23.6. The number of aromatic nitrogens is 1. The van der Waals surface area contributed by atoms with Crippen LogP contribution in [0.2, 0.25) is 5.02 Å². The number of benzene rings is 1. The average Bonchev–Trinajstić information content (AvgIpc) is 3.32. The molecule has 0 N–H and O–H groups in total. The monoisotopic (exact) mass is 389 g/mol. The Balaban J connectivity index is 1.89. The number of hydrogen-bond acceptors (Lipinski definition) is 6. The van der Waals surface area contributed by atoms with Gasteiger partial charge in [-0.3, -0.25) is 0 Å². The third-order valence-corrected chi connectivity index (χ3v) is 4.92. The van der Waals surface area contributed by atoms with Gasteiger partial charge in [0.2, 0.25) is 0 Å². The third-order valence-electron chi connectivity index (χ3n) is 4.59. The molecule has 4 rings (SSSR count). The molecule has 0 aliphatic carbocycles. The minimum atomic E-state index is -0.719. The average molecular weight is 390 g/mol. The van der Waals surface area contributed by atoms with Crippen molar-refractivity contribution in [3.05, 3.63) is 64.2 Å². The molecule has 1 atom stereocenters. The fourth-order valence-electron chi connectivity index (χ4n) is 3.49. The van der Waals surface area contributed by atoms with Crippen LogP contribution in [0.25, 0.3) is 0 Å². The molecule has 2 aliphatic rings. The van der Waals surface area contributed by atoms with Gasteiger partial charge in [-0.15, -0.1) is 0 Å². The first-order valence-electron chi connectivity index (χ1n) is 8.70. The van der Waals surface area contributed by atoms with Gasteiger partial charge >= 0.3 is 5.97 Å². The van der Waals surface area contributed by atoms with Crippen molar-refractivity contribution in [3.63, 3.8) is 0 Å². The molecule has 1 fully saturated rings. The summed E-state index contributed by atoms with van der Waals surface area (Å²) in [6.45, 7) is 2.69. The van der Waals surface area contributed by atoms with E-state index in [9.17, 15) is 9.18 Å². The van der Waals surface area contributed by atoms with Crippen molar-refractivity contribution in [1.29, 1.82) is 0 Å². The minimum Gasteiger partial charge on any atom is -0.463 e. The Hall–Kier alpha value is -2.67. The second kappa shape index (κ2) is 7.15. The zero-order valence-corrected chi connectivity index (χ0v) is 15.4. The number of carbonyl (C=O) groups excluding carboxylic acids is 1. The lowest BCUT2D eigenvalue weighted by Gasteiger charge is -2.31. The van der Waals surface area contributed by atoms with Crippen molar-refractivity contribution in [2.75, 3.05) is 13.2 Å². The number of hydrogen-bond donors (Lipinski definition) is 0. The zero-order valence-electron chi connectivity index (χ0n) is 14.6. The summed E-state index contributed by atoms with van der Waals surface area (Å²) in [6.07, 6.45) is 4.57. The lowest BCUT2D eigenvalue weighted by molar-refractivity contribution is -0.139. The summed E-state index contributed by atoms with van der Waals surface area (Å²) in [5, 5.41) is 0.198. The minimum absolute atomic E-state index is 0.198. The molecular formula is C19H17ClFN3O3. The number of amidine groups is 1. The van der Waals surface area contributed by atoms with Crippen molar-refractivity contribution >= 4 is 23.4 Å². The zero-order chi connectivity index (χ0) is 19.0. The quantitative estimate of drug-likeness (QED) is 0.742. The maximum absolute atomic E-state index is 13.5. The Kier molecular flexibility index (Phi) is 4.70. The van der Waals surface area contributed by atoms with E-state index in [-0.39, 0.29) is 11.6 Å². The molecule has 0 saturated carbocycles. The maximum Gasteiger partial charge on any atom is 0.338 e. The van der Waals surface area contributed by atoms with E-state index in [2.05, 4.69) is 4.98 Å². The Bertz CT molecular complexity index is 940. The second-order valence-corrected chi connectivity index (χ2v) is 6.60. The van der Waals surface area contributed by atoms with Gasteiger partial charge in [-0.25, -0.2) is 19.2 Å². The first-order valence-corrected chi connectivity index (χ1v) is 9.08. The van der Waals surface area contributed by atoms with Crippen LogP contribution in [0.4, 0.5) is 4.39 Å². The predicted octanol–water partition coefficient (Wildman–Crippen LogP) is 3.88. The molecule has 2 aliphatic heterocycles. The highest BCUT2D eigenvalue weighted by atomic mass is 35.5. The molecule has 0 radical (unpaired) electrons. The second-order valence-electron chi connectivity index (χ2n) is 6.19. The highest BCUT2D eigenvalue weighted by Crippen LogP contribution is 2.42. The first kappa shape index (κ1) is 17.7. The van der Waals surface area contributed by atoms with Crippen LogP contribution in [0.1, 0.15) is 37.3 Å². The van der Waals surface area contributed by atoms with Crippen molar-refractivity contribution < 1.29 is 18.3 Å². The molecule has 1 aromatic heterocycles. The highest BCUT2D eigenvalue weighted by Gasteiger charge is 2.40. The van der Waals surface area contributed by atoms with E-state index in [4.69, 9.17) is 25.7 Å². The number of ether oxygens (including phenoxy) is 1. The van der Waals surface area contributed by atoms with Crippen molar-refractivity contribution in [2.24, 2.45) is 4.99 Å². The van der Waals surface area contributed by atoms with Gasteiger partial charge in [0.1, 0.15) is 18.1 Å². The van der Waals surface area contributed by atoms with Gasteiger partial charge in [-0.2, -0.15) is 0 Å². The third kappa shape index (κ3) is 3.12.